The first-order valence-corrected chi connectivity index (χ1v) is 10.9. The van der Waals surface area contributed by atoms with Crippen molar-refractivity contribution < 1.29 is 12.8 Å². The predicted molar refractivity (Wildman–Crippen MR) is 110 cm³/mol. The lowest BCUT2D eigenvalue weighted by molar-refractivity contribution is 0.468. The van der Waals surface area contributed by atoms with Crippen LogP contribution in [0.5, 0.6) is 0 Å². The highest BCUT2D eigenvalue weighted by atomic mass is 35.5. The Labute approximate surface area is 174 Å². The summed E-state index contributed by atoms with van der Waals surface area (Å²) < 4.78 is 42.6. The van der Waals surface area contributed by atoms with E-state index < -0.39 is 10.0 Å². The van der Waals surface area contributed by atoms with Crippen LogP contribution in [0.25, 0.3) is 0 Å². The van der Waals surface area contributed by atoms with Gasteiger partial charge < -0.3 is 9.88 Å². The average molecular weight is 435 g/mol. The van der Waals surface area contributed by atoms with Crippen molar-refractivity contribution in [2.24, 2.45) is 7.05 Å². The lowest BCUT2D eigenvalue weighted by atomic mass is 9.94. The van der Waals surface area contributed by atoms with Gasteiger partial charge >= 0.3 is 0 Å². The van der Waals surface area contributed by atoms with E-state index in [1.54, 1.807) is 29.8 Å². The standard InChI is InChI=1S/C20H20ClFN4O2S/c1-25-12-20(23-13-25)29(27,28)26-10-16(14-6-8-15(22)9-7-14)19(11-26)24-18-5-3-2-4-17(18)21/h2-9,12-13,16,19,24H,10-11H2,1H3. The van der Waals surface area contributed by atoms with Gasteiger partial charge in [-0.3, -0.25) is 0 Å². The first-order chi connectivity index (χ1) is 13.8. The molecular weight excluding hydrogens is 415 g/mol. The fourth-order valence-corrected chi connectivity index (χ4v) is 5.24. The van der Waals surface area contributed by atoms with E-state index in [2.05, 4.69) is 10.3 Å². The van der Waals surface area contributed by atoms with Crippen molar-refractivity contribution in [2.75, 3.05) is 18.4 Å². The van der Waals surface area contributed by atoms with Gasteiger partial charge in [-0.05, 0) is 29.8 Å². The molecule has 0 radical (unpaired) electrons. The summed E-state index contributed by atoms with van der Waals surface area (Å²) in [6.07, 6.45) is 2.94. The maximum Gasteiger partial charge on any atom is 0.262 e. The summed E-state index contributed by atoms with van der Waals surface area (Å²) in [5, 5.41) is 3.94. The van der Waals surface area contributed by atoms with E-state index in [9.17, 15) is 12.8 Å². The minimum Gasteiger partial charge on any atom is -0.379 e. The number of hydrogen-bond donors (Lipinski definition) is 1. The maximum absolute atomic E-state index is 13.4. The van der Waals surface area contributed by atoms with Crippen LogP contribution >= 0.6 is 11.6 Å². The van der Waals surface area contributed by atoms with Crippen LogP contribution in [0.3, 0.4) is 0 Å². The molecule has 0 amide bonds. The second-order valence-corrected chi connectivity index (χ2v) is 9.38. The van der Waals surface area contributed by atoms with Gasteiger partial charge in [-0.25, -0.2) is 17.8 Å². The molecule has 0 aliphatic carbocycles. The molecule has 2 atom stereocenters. The fourth-order valence-electron chi connectivity index (χ4n) is 3.59. The van der Waals surface area contributed by atoms with E-state index in [1.807, 2.05) is 18.2 Å². The van der Waals surface area contributed by atoms with Crippen molar-refractivity contribution in [3.63, 3.8) is 0 Å². The highest BCUT2D eigenvalue weighted by Crippen LogP contribution is 2.34. The number of hydrogen-bond acceptors (Lipinski definition) is 4. The third-order valence-electron chi connectivity index (χ3n) is 5.08. The molecule has 1 fully saturated rings. The molecule has 2 unspecified atom stereocenters. The number of aromatic nitrogens is 2. The van der Waals surface area contributed by atoms with Crippen molar-refractivity contribution in [1.29, 1.82) is 0 Å². The Kier molecular flexibility index (Phi) is 5.33. The summed E-state index contributed by atoms with van der Waals surface area (Å²) in [6.45, 7) is 0.499. The molecule has 6 nitrogen and oxygen atoms in total. The molecule has 1 aliphatic rings. The zero-order chi connectivity index (χ0) is 20.6. The monoisotopic (exact) mass is 434 g/mol. The van der Waals surface area contributed by atoms with E-state index in [0.29, 0.717) is 5.02 Å². The topological polar surface area (TPSA) is 67.2 Å². The van der Waals surface area contributed by atoms with E-state index in [1.165, 1.54) is 29.0 Å². The molecule has 0 saturated carbocycles. The van der Waals surface area contributed by atoms with Crippen molar-refractivity contribution in [2.45, 2.75) is 17.0 Å². The molecule has 9 heteroatoms. The smallest absolute Gasteiger partial charge is 0.262 e. The Morgan fingerprint density at radius 3 is 2.52 bits per heavy atom. The zero-order valence-corrected chi connectivity index (χ0v) is 17.2. The van der Waals surface area contributed by atoms with Crippen LogP contribution in [0.15, 0.2) is 66.1 Å². The first-order valence-electron chi connectivity index (χ1n) is 9.09. The predicted octanol–water partition coefficient (Wildman–Crippen LogP) is 3.48. The Morgan fingerprint density at radius 2 is 1.86 bits per heavy atom. The van der Waals surface area contributed by atoms with Crippen molar-refractivity contribution in [1.82, 2.24) is 13.9 Å². The Balaban J connectivity index is 1.67. The number of sulfonamides is 1. The van der Waals surface area contributed by atoms with Gasteiger partial charge in [-0.2, -0.15) is 4.31 Å². The lowest BCUT2D eigenvalue weighted by Crippen LogP contribution is -2.32. The van der Waals surface area contributed by atoms with Gasteiger partial charge in [0.25, 0.3) is 10.0 Å². The Morgan fingerprint density at radius 1 is 1.14 bits per heavy atom. The number of nitrogens with zero attached hydrogens (tertiary/aromatic N) is 3. The van der Waals surface area contributed by atoms with Gasteiger partial charge in [0.1, 0.15) is 5.82 Å². The molecule has 29 heavy (non-hydrogen) atoms. The summed E-state index contributed by atoms with van der Waals surface area (Å²) in [7, 11) is -2.03. The SMILES string of the molecule is Cn1cnc(S(=O)(=O)N2CC(Nc3ccccc3Cl)C(c3ccc(F)cc3)C2)c1. The maximum atomic E-state index is 13.4. The molecule has 1 aromatic heterocycles. The van der Waals surface area contributed by atoms with Crippen LogP contribution in [-0.2, 0) is 17.1 Å². The fraction of sp³-hybridized carbons (Fsp3) is 0.250. The summed E-state index contributed by atoms with van der Waals surface area (Å²) in [5.74, 6) is -0.509. The molecule has 2 heterocycles. The number of anilines is 1. The molecule has 0 bridgehead atoms. The van der Waals surface area contributed by atoms with Crippen molar-refractivity contribution in [3.8, 4) is 0 Å². The number of aryl methyl sites for hydroxylation is 1. The van der Waals surface area contributed by atoms with Gasteiger partial charge in [0, 0.05) is 38.3 Å². The molecule has 1 aliphatic heterocycles. The Hall–Kier alpha value is -2.42. The lowest BCUT2D eigenvalue weighted by Gasteiger charge is -2.22. The van der Waals surface area contributed by atoms with Crippen LogP contribution in [-0.4, -0.2) is 41.4 Å². The third-order valence-corrected chi connectivity index (χ3v) is 7.13. The average Bonchev–Trinajstić information content (AvgIpc) is 3.32. The van der Waals surface area contributed by atoms with E-state index in [-0.39, 0.29) is 35.9 Å². The minimum atomic E-state index is -3.75. The minimum absolute atomic E-state index is 0.0104. The quantitative estimate of drug-likeness (QED) is 0.667. The summed E-state index contributed by atoms with van der Waals surface area (Å²) in [4.78, 5) is 4.01. The highest BCUT2D eigenvalue weighted by Gasteiger charge is 2.41. The van der Waals surface area contributed by atoms with E-state index >= 15 is 0 Å². The molecule has 152 valence electrons. The van der Waals surface area contributed by atoms with Crippen LogP contribution in [0.2, 0.25) is 5.02 Å². The second kappa shape index (κ2) is 7.78. The van der Waals surface area contributed by atoms with Crippen LogP contribution in [0, 0.1) is 5.82 Å². The van der Waals surface area contributed by atoms with Gasteiger partial charge in [-0.15, -0.1) is 0 Å². The third kappa shape index (κ3) is 4.01. The number of para-hydroxylation sites is 1. The molecular formula is C20H20ClFN4O2S. The van der Waals surface area contributed by atoms with Crippen LogP contribution in [0.1, 0.15) is 11.5 Å². The molecule has 0 spiro atoms. The van der Waals surface area contributed by atoms with Crippen molar-refractivity contribution in [3.05, 3.63) is 77.5 Å². The van der Waals surface area contributed by atoms with Gasteiger partial charge in [0.15, 0.2) is 5.03 Å². The summed E-state index contributed by atoms with van der Waals surface area (Å²) >= 11 is 6.29. The largest absolute Gasteiger partial charge is 0.379 e. The van der Waals surface area contributed by atoms with E-state index in [0.717, 1.165) is 11.3 Å². The zero-order valence-electron chi connectivity index (χ0n) is 15.7. The number of imidazole rings is 1. The molecule has 1 saturated heterocycles. The number of halogens is 2. The molecule has 3 aromatic rings. The van der Waals surface area contributed by atoms with Gasteiger partial charge in [-0.1, -0.05) is 35.9 Å². The van der Waals surface area contributed by atoms with Crippen LogP contribution < -0.4 is 5.32 Å². The normalized spacial score (nSPS) is 20.1. The number of benzene rings is 2. The van der Waals surface area contributed by atoms with Crippen molar-refractivity contribution >= 4 is 27.3 Å². The number of rotatable bonds is 5. The molecule has 4 rings (SSSR count). The second-order valence-electron chi connectivity index (χ2n) is 7.09. The van der Waals surface area contributed by atoms with Gasteiger partial charge in [0.05, 0.1) is 17.0 Å². The summed E-state index contributed by atoms with van der Waals surface area (Å²) in [6, 6.07) is 13.2. The summed E-state index contributed by atoms with van der Waals surface area (Å²) in [5.41, 5.74) is 1.58. The molecule has 1 N–H and O–H groups in total. The first kappa shape index (κ1) is 19.9. The molecule has 2 aromatic carbocycles. The Bertz CT molecular complexity index is 1120. The van der Waals surface area contributed by atoms with Gasteiger partial charge in [0.2, 0.25) is 0 Å². The van der Waals surface area contributed by atoms with Crippen LogP contribution in [0.4, 0.5) is 10.1 Å². The highest BCUT2D eigenvalue weighted by molar-refractivity contribution is 7.89. The number of nitrogens with one attached hydrogen (secondary N) is 1. The van der Waals surface area contributed by atoms with E-state index in [4.69, 9.17) is 11.6 Å².